The minimum Gasteiger partial charge on any atom is -0.336 e. The van der Waals surface area contributed by atoms with Gasteiger partial charge in [0.1, 0.15) is 0 Å². The molecule has 2 amide bonds. The highest BCUT2D eigenvalue weighted by molar-refractivity contribution is 6.35. The van der Waals surface area contributed by atoms with E-state index in [0.29, 0.717) is 19.6 Å². The number of rotatable bonds is 5. The topological polar surface area (TPSA) is 52.6 Å². The van der Waals surface area contributed by atoms with Gasteiger partial charge >= 0.3 is 11.8 Å². The van der Waals surface area contributed by atoms with Crippen molar-refractivity contribution in [2.45, 2.75) is 19.9 Å². The Morgan fingerprint density at radius 2 is 1.81 bits per heavy atom. The lowest BCUT2D eigenvalue weighted by Gasteiger charge is -2.34. The molecule has 1 aromatic carbocycles. The second kappa shape index (κ2) is 6.72. The molecule has 1 atom stereocenters. The number of carbonyl (C=O) groups is 2. The van der Waals surface area contributed by atoms with Crippen LogP contribution in [0.3, 0.4) is 0 Å². The van der Waals surface area contributed by atoms with E-state index >= 15 is 0 Å². The Kier molecular flexibility index (Phi) is 4.96. The second-order valence-electron chi connectivity index (χ2n) is 5.50. The zero-order valence-electron chi connectivity index (χ0n) is 12.9. The number of amides is 2. The van der Waals surface area contributed by atoms with Crippen LogP contribution in [0.15, 0.2) is 24.3 Å². The number of carbonyl (C=O) groups excluding carboxylic acids is 2. The van der Waals surface area contributed by atoms with Crippen molar-refractivity contribution in [3.05, 3.63) is 35.4 Å². The summed E-state index contributed by atoms with van der Waals surface area (Å²) in [5, 5.41) is 3.39. The van der Waals surface area contributed by atoms with Crippen molar-refractivity contribution in [2.75, 3.05) is 33.2 Å². The molecule has 5 nitrogen and oxygen atoms in total. The lowest BCUT2D eigenvalue weighted by molar-refractivity contribution is -0.155. The molecule has 1 fully saturated rings. The van der Waals surface area contributed by atoms with Crippen LogP contribution in [0.5, 0.6) is 0 Å². The summed E-state index contributed by atoms with van der Waals surface area (Å²) in [6.45, 7) is 6.61. The van der Waals surface area contributed by atoms with Crippen LogP contribution < -0.4 is 5.32 Å². The number of hydrogen-bond donors (Lipinski definition) is 1. The number of likely N-dealkylation sites (N-methyl/N-ethyl adjacent to an activating group) is 2. The SMILES string of the molecule is CCNC(CN1CCN(C)C(=O)C1=O)c1ccc(C)cc1. The molecule has 0 saturated carbocycles. The maximum atomic E-state index is 12.1. The molecule has 0 radical (unpaired) electrons. The van der Waals surface area contributed by atoms with Crippen LogP contribution in [-0.4, -0.2) is 54.8 Å². The molecule has 0 spiro atoms. The van der Waals surface area contributed by atoms with Gasteiger partial charge in [0.15, 0.2) is 0 Å². The molecule has 1 aliphatic rings. The number of nitrogens with one attached hydrogen (secondary N) is 1. The molecule has 5 heteroatoms. The van der Waals surface area contributed by atoms with Crippen LogP contribution in [0, 0.1) is 6.92 Å². The molecular weight excluding hydrogens is 266 g/mol. The molecule has 1 N–H and O–H groups in total. The fourth-order valence-corrected chi connectivity index (χ4v) is 2.50. The molecule has 0 bridgehead atoms. The van der Waals surface area contributed by atoms with Crippen molar-refractivity contribution < 1.29 is 9.59 Å². The van der Waals surface area contributed by atoms with E-state index in [0.717, 1.165) is 12.1 Å². The van der Waals surface area contributed by atoms with Crippen molar-refractivity contribution >= 4 is 11.8 Å². The van der Waals surface area contributed by atoms with E-state index in [-0.39, 0.29) is 6.04 Å². The summed E-state index contributed by atoms with van der Waals surface area (Å²) < 4.78 is 0. The smallest absolute Gasteiger partial charge is 0.312 e. The van der Waals surface area contributed by atoms with Crippen molar-refractivity contribution in [3.8, 4) is 0 Å². The predicted octanol–water partition coefficient (Wildman–Crippen LogP) is 0.946. The van der Waals surface area contributed by atoms with Crippen molar-refractivity contribution in [3.63, 3.8) is 0 Å². The largest absolute Gasteiger partial charge is 0.336 e. The average molecular weight is 289 g/mol. The first-order chi connectivity index (χ1) is 10.0. The van der Waals surface area contributed by atoms with Gasteiger partial charge in [0.2, 0.25) is 0 Å². The summed E-state index contributed by atoms with van der Waals surface area (Å²) in [5.74, 6) is -0.820. The quantitative estimate of drug-likeness (QED) is 0.821. The minimum absolute atomic E-state index is 0.0516. The van der Waals surface area contributed by atoms with Crippen LogP contribution in [0.2, 0.25) is 0 Å². The monoisotopic (exact) mass is 289 g/mol. The summed E-state index contributed by atoms with van der Waals surface area (Å²) >= 11 is 0. The normalized spacial score (nSPS) is 17.3. The molecule has 0 aliphatic carbocycles. The first-order valence-electron chi connectivity index (χ1n) is 7.37. The zero-order chi connectivity index (χ0) is 15.4. The number of benzene rings is 1. The molecule has 1 aliphatic heterocycles. The first-order valence-corrected chi connectivity index (χ1v) is 7.37. The van der Waals surface area contributed by atoms with Gasteiger partial charge in [-0.25, -0.2) is 0 Å². The Morgan fingerprint density at radius 1 is 1.14 bits per heavy atom. The van der Waals surface area contributed by atoms with E-state index in [1.165, 1.54) is 10.5 Å². The van der Waals surface area contributed by atoms with E-state index in [9.17, 15) is 9.59 Å². The van der Waals surface area contributed by atoms with Gasteiger partial charge < -0.3 is 15.1 Å². The van der Waals surface area contributed by atoms with Crippen molar-refractivity contribution in [1.82, 2.24) is 15.1 Å². The van der Waals surface area contributed by atoms with Crippen molar-refractivity contribution in [1.29, 1.82) is 0 Å². The van der Waals surface area contributed by atoms with Gasteiger partial charge in [-0.05, 0) is 19.0 Å². The van der Waals surface area contributed by atoms with Crippen LogP contribution in [-0.2, 0) is 9.59 Å². The third-order valence-electron chi connectivity index (χ3n) is 3.86. The second-order valence-corrected chi connectivity index (χ2v) is 5.50. The molecule has 0 aromatic heterocycles. The molecule has 2 rings (SSSR count). The van der Waals surface area contributed by atoms with Crippen LogP contribution in [0.4, 0.5) is 0 Å². The number of nitrogens with zero attached hydrogens (tertiary/aromatic N) is 2. The number of piperazine rings is 1. The van der Waals surface area contributed by atoms with Gasteiger partial charge in [-0.1, -0.05) is 36.8 Å². The molecule has 21 heavy (non-hydrogen) atoms. The maximum absolute atomic E-state index is 12.1. The minimum atomic E-state index is -0.416. The lowest BCUT2D eigenvalue weighted by Crippen LogP contribution is -2.54. The Morgan fingerprint density at radius 3 is 2.43 bits per heavy atom. The summed E-state index contributed by atoms with van der Waals surface area (Å²) in [7, 11) is 1.67. The number of hydrogen-bond acceptors (Lipinski definition) is 3. The van der Waals surface area contributed by atoms with E-state index in [1.54, 1.807) is 11.9 Å². The van der Waals surface area contributed by atoms with Crippen LogP contribution >= 0.6 is 0 Å². The molecule has 1 aromatic rings. The molecule has 1 heterocycles. The molecule has 1 unspecified atom stereocenters. The third kappa shape index (κ3) is 3.61. The highest BCUT2D eigenvalue weighted by atomic mass is 16.2. The van der Waals surface area contributed by atoms with E-state index in [2.05, 4.69) is 36.5 Å². The van der Waals surface area contributed by atoms with E-state index in [4.69, 9.17) is 0 Å². The van der Waals surface area contributed by atoms with Gasteiger partial charge in [0.05, 0.1) is 0 Å². The Balaban J connectivity index is 2.11. The summed E-state index contributed by atoms with van der Waals surface area (Å²) in [5.41, 5.74) is 2.35. The van der Waals surface area contributed by atoms with E-state index < -0.39 is 11.8 Å². The van der Waals surface area contributed by atoms with Gasteiger partial charge in [-0.2, -0.15) is 0 Å². The maximum Gasteiger partial charge on any atom is 0.312 e. The Labute approximate surface area is 125 Å². The fraction of sp³-hybridized carbons (Fsp3) is 0.500. The third-order valence-corrected chi connectivity index (χ3v) is 3.86. The Hall–Kier alpha value is -1.88. The predicted molar refractivity (Wildman–Crippen MR) is 81.8 cm³/mol. The van der Waals surface area contributed by atoms with Gasteiger partial charge in [0, 0.05) is 32.7 Å². The lowest BCUT2D eigenvalue weighted by atomic mass is 10.0. The highest BCUT2D eigenvalue weighted by Gasteiger charge is 2.31. The first kappa shape index (κ1) is 15.5. The zero-order valence-corrected chi connectivity index (χ0v) is 12.9. The van der Waals surface area contributed by atoms with Crippen LogP contribution in [0.25, 0.3) is 0 Å². The number of aryl methyl sites for hydroxylation is 1. The fourth-order valence-electron chi connectivity index (χ4n) is 2.50. The van der Waals surface area contributed by atoms with Gasteiger partial charge in [-0.15, -0.1) is 0 Å². The summed E-state index contributed by atoms with van der Waals surface area (Å²) in [6.07, 6.45) is 0. The average Bonchev–Trinajstić information content (AvgIpc) is 2.48. The van der Waals surface area contributed by atoms with Gasteiger partial charge in [-0.3, -0.25) is 9.59 Å². The molecule has 114 valence electrons. The molecular formula is C16H23N3O2. The summed E-state index contributed by atoms with van der Waals surface area (Å²) in [6, 6.07) is 8.33. The van der Waals surface area contributed by atoms with Gasteiger partial charge in [0.25, 0.3) is 0 Å². The van der Waals surface area contributed by atoms with Crippen molar-refractivity contribution in [2.24, 2.45) is 0 Å². The Bertz CT molecular complexity index is 513. The molecule has 1 saturated heterocycles. The highest BCUT2D eigenvalue weighted by Crippen LogP contribution is 2.17. The van der Waals surface area contributed by atoms with E-state index in [1.807, 2.05) is 6.92 Å². The van der Waals surface area contributed by atoms with Crippen LogP contribution in [0.1, 0.15) is 24.1 Å². The summed E-state index contributed by atoms with van der Waals surface area (Å²) in [4.78, 5) is 27.0. The standard InChI is InChI=1S/C16H23N3O2/c1-4-17-14(13-7-5-12(2)6-8-13)11-19-10-9-18(3)15(20)16(19)21/h5-8,14,17H,4,9-11H2,1-3H3.